The van der Waals surface area contributed by atoms with E-state index in [9.17, 15) is 0 Å². The summed E-state index contributed by atoms with van der Waals surface area (Å²) in [6, 6.07) is 0. The van der Waals surface area contributed by atoms with Gasteiger partial charge in [-0.15, -0.1) is 0 Å². The first-order chi connectivity index (χ1) is 19.3. The van der Waals surface area contributed by atoms with Crippen molar-refractivity contribution in [1.82, 2.24) is 0 Å². The van der Waals surface area contributed by atoms with E-state index in [4.69, 9.17) is 0 Å². The molecule has 0 bridgehead atoms. The molecule has 2 atom stereocenters. The fourth-order valence-electron chi connectivity index (χ4n) is 6.86. The van der Waals surface area contributed by atoms with Gasteiger partial charge >= 0.3 is 0 Å². The second kappa shape index (κ2) is 34.2. The van der Waals surface area contributed by atoms with Gasteiger partial charge in [-0.3, -0.25) is 0 Å². The summed E-state index contributed by atoms with van der Waals surface area (Å²) in [5, 5.41) is 0. The minimum Gasteiger partial charge on any atom is -0.0654 e. The van der Waals surface area contributed by atoms with E-state index in [1.54, 1.807) is 25.7 Å². The van der Waals surface area contributed by atoms with Gasteiger partial charge in [0.25, 0.3) is 0 Å². The maximum atomic E-state index is 2.35. The van der Waals surface area contributed by atoms with Gasteiger partial charge in [-0.25, -0.2) is 0 Å². The lowest BCUT2D eigenvalue weighted by molar-refractivity contribution is 0.236. The van der Waals surface area contributed by atoms with E-state index in [0.29, 0.717) is 0 Å². The van der Waals surface area contributed by atoms with Gasteiger partial charge in [0, 0.05) is 0 Å². The predicted molar refractivity (Wildman–Crippen MR) is 182 cm³/mol. The first-order valence-corrected chi connectivity index (χ1v) is 19.3. The van der Waals surface area contributed by atoms with Gasteiger partial charge in [0.05, 0.1) is 0 Å². The number of unbranched alkanes of at least 4 members (excludes halogenated alkanes) is 25. The summed E-state index contributed by atoms with van der Waals surface area (Å²) >= 11 is 0. The Morgan fingerprint density at radius 2 is 0.359 bits per heavy atom. The van der Waals surface area contributed by atoms with E-state index >= 15 is 0 Å². The van der Waals surface area contributed by atoms with Crippen LogP contribution in [0.25, 0.3) is 0 Å². The molecule has 0 fully saturated rings. The fraction of sp³-hybridized carbons (Fsp3) is 1.00. The van der Waals surface area contributed by atoms with Gasteiger partial charge < -0.3 is 0 Å². The topological polar surface area (TPSA) is 0 Å². The van der Waals surface area contributed by atoms with E-state index in [-0.39, 0.29) is 0 Å². The van der Waals surface area contributed by atoms with Crippen molar-refractivity contribution in [2.75, 3.05) is 0 Å². The van der Waals surface area contributed by atoms with Gasteiger partial charge in [0.2, 0.25) is 0 Å². The highest BCUT2D eigenvalue weighted by Crippen LogP contribution is 2.33. The zero-order chi connectivity index (χ0) is 28.5. The molecule has 0 amide bonds. The summed E-state index contributed by atoms with van der Waals surface area (Å²) in [7, 11) is 0. The first-order valence-electron chi connectivity index (χ1n) is 19.3. The lowest BCUT2D eigenvalue weighted by Crippen LogP contribution is -2.16. The largest absolute Gasteiger partial charge is 0.0654 e. The molecule has 0 heterocycles. The van der Waals surface area contributed by atoms with Crippen LogP contribution in [0.2, 0.25) is 0 Å². The van der Waals surface area contributed by atoms with Crippen LogP contribution in [0.1, 0.15) is 240 Å². The van der Waals surface area contributed by atoms with Gasteiger partial charge in [0.15, 0.2) is 0 Å². The van der Waals surface area contributed by atoms with E-state index in [0.717, 1.165) is 11.8 Å². The van der Waals surface area contributed by atoms with E-state index in [1.807, 2.05) is 0 Å². The summed E-state index contributed by atoms with van der Waals surface area (Å²) in [5.74, 6) is 2.06. The van der Waals surface area contributed by atoms with Crippen LogP contribution >= 0.6 is 0 Å². The summed E-state index contributed by atoms with van der Waals surface area (Å²) in [6.07, 6.45) is 48.8. The van der Waals surface area contributed by atoms with E-state index in [1.165, 1.54) is 186 Å². The van der Waals surface area contributed by atoms with Crippen LogP contribution in [0.5, 0.6) is 0 Å². The highest BCUT2D eigenvalue weighted by atomic mass is 14.3. The van der Waals surface area contributed by atoms with Crippen molar-refractivity contribution >= 4 is 0 Å². The minimum absolute atomic E-state index is 1.03. The molecule has 0 aliphatic heterocycles. The SMILES string of the molecule is CCCCCCCCCCC(CCCCCCCC)C(CCCCCCCCC)CCCCCCCCCC. The Morgan fingerprint density at radius 1 is 0.205 bits per heavy atom. The zero-order valence-corrected chi connectivity index (χ0v) is 28.5. The highest BCUT2D eigenvalue weighted by molar-refractivity contribution is 4.72. The Balaban J connectivity index is 4.70. The molecule has 0 aliphatic rings. The monoisotopic (exact) mass is 549 g/mol. The second-order valence-electron chi connectivity index (χ2n) is 13.5. The lowest BCUT2D eigenvalue weighted by atomic mass is 9.78. The number of rotatable bonds is 34. The molecular weight excluding hydrogens is 468 g/mol. The minimum atomic E-state index is 1.03. The average molecular weight is 549 g/mol. The summed E-state index contributed by atoms with van der Waals surface area (Å²) in [6.45, 7) is 9.35. The van der Waals surface area contributed by atoms with Crippen LogP contribution in [-0.4, -0.2) is 0 Å². The standard InChI is InChI=1S/C39H80/c1-5-9-13-17-21-24-28-32-36-38(34-30-26-20-16-12-8-4)39(35-31-27-23-19-15-11-7-3)37-33-29-25-22-18-14-10-6-2/h38-39H,5-37H2,1-4H3. The van der Waals surface area contributed by atoms with E-state index in [2.05, 4.69) is 27.7 Å². The van der Waals surface area contributed by atoms with Crippen LogP contribution in [0.15, 0.2) is 0 Å². The molecule has 0 aliphatic carbocycles. The van der Waals surface area contributed by atoms with Crippen molar-refractivity contribution in [1.29, 1.82) is 0 Å². The summed E-state index contributed by atoms with van der Waals surface area (Å²) < 4.78 is 0. The predicted octanol–water partition coefficient (Wildman–Crippen LogP) is 15.2. The molecule has 0 aromatic carbocycles. The van der Waals surface area contributed by atoms with Crippen molar-refractivity contribution in [3.8, 4) is 0 Å². The molecule has 0 heteroatoms. The lowest BCUT2D eigenvalue weighted by Gasteiger charge is -2.28. The quantitative estimate of drug-likeness (QED) is 0.0701. The number of hydrogen-bond donors (Lipinski definition) is 0. The molecule has 0 radical (unpaired) electrons. The van der Waals surface area contributed by atoms with Crippen LogP contribution in [0.3, 0.4) is 0 Å². The Kier molecular flexibility index (Phi) is 34.2. The fourth-order valence-corrected chi connectivity index (χ4v) is 6.86. The Morgan fingerprint density at radius 3 is 0.538 bits per heavy atom. The average Bonchev–Trinajstić information content (AvgIpc) is 2.95. The van der Waals surface area contributed by atoms with Crippen LogP contribution < -0.4 is 0 Å². The van der Waals surface area contributed by atoms with E-state index < -0.39 is 0 Å². The van der Waals surface area contributed by atoms with Crippen molar-refractivity contribution < 1.29 is 0 Å². The smallest absolute Gasteiger partial charge is 0.0386 e. The van der Waals surface area contributed by atoms with Gasteiger partial charge in [-0.1, -0.05) is 240 Å². The van der Waals surface area contributed by atoms with Crippen LogP contribution in [0.4, 0.5) is 0 Å². The first kappa shape index (κ1) is 39.0. The Hall–Kier alpha value is 0. The Bertz CT molecular complexity index is 412. The maximum Gasteiger partial charge on any atom is -0.0386 e. The third kappa shape index (κ3) is 29.3. The summed E-state index contributed by atoms with van der Waals surface area (Å²) in [4.78, 5) is 0. The third-order valence-electron chi connectivity index (χ3n) is 9.63. The second-order valence-corrected chi connectivity index (χ2v) is 13.5. The van der Waals surface area contributed by atoms with Crippen molar-refractivity contribution in [3.05, 3.63) is 0 Å². The molecular formula is C39H80. The van der Waals surface area contributed by atoms with Crippen molar-refractivity contribution in [3.63, 3.8) is 0 Å². The van der Waals surface area contributed by atoms with Gasteiger partial charge in [-0.2, -0.15) is 0 Å². The molecule has 236 valence electrons. The molecule has 0 nitrogen and oxygen atoms in total. The van der Waals surface area contributed by atoms with Gasteiger partial charge in [0.1, 0.15) is 0 Å². The Labute approximate surface area is 251 Å². The normalized spacial score (nSPS) is 13.2. The van der Waals surface area contributed by atoms with Crippen molar-refractivity contribution in [2.45, 2.75) is 240 Å². The molecule has 0 saturated carbocycles. The molecule has 0 aromatic rings. The van der Waals surface area contributed by atoms with Crippen LogP contribution in [-0.2, 0) is 0 Å². The molecule has 0 rings (SSSR count). The van der Waals surface area contributed by atoms with Crippen molar-refractivity contribution in [2.24, 2.45) is 11.8 Å². The highest BCUT2D eigenvalue weighted by Gasteiger charge is 2.20. The maximum absolute atomic E-state index is 2.35. The molecule has 2 unspecified atom stereocenters. The molecule has 0 spiro atoms. The molecule has 39 heavy (non-hydrogen) atoms. The summed E-state index contributed by atoms with van der Waals surface area (Å²) in [5.41, 5.74) is 0. The molecule has 0 saturated heterocycles. The molecule has 0 aromatic heterocycles. The molecule has 0 N–H and O–H groups in total. The third-order valence-corrected chi connectivity index (χ3v) is 9.63. The zero-order valence-electron chi connectivity index (χ0n) is 28.5. The van der Waals surface area contributed by atoms with Gasteiger partial charge in [-0.05, 0) is 11.8 Å². The van der Waals surface area contributed by atoms with Crippen LogP contribution in [0, 0.1) is 11.8 Å². The number of hydrogen-bond acceptors (Lipinski definition) is 0.